The van der Waals surface area contributed by atoms with Gasteiger partial charge in [0.2, 0.25) is 6.79 Å². The average Bonchev–Trinajstić information content (AvgIpc) is 3.38. The van der Waals surface area contributed by atoms with E-state index in [1.54, 1.807) is 48.5 Å². The van der Waals surface area contributed by atoms with Crippen molar-refractivity contribution >= 4 is 23.2 Å². The first-order valence-corrected chi connectivity index (χ1v) is 9.09. The van der Waals surface area contributed by atoms with Gasteiger partial charge in [-0.1, -0.05) is 18.2 Å². The first kappa shape index (κ1) is 17.1. The number of amides is 1. The fourth-order valence-electron chi connectivity index (χ4n) is 2.54. The molecule has 3 aromatic rings. The van der Waals surface area contributed by atoms with Crippen LogP contribution in [0.5, 0.6) is 17.2 Å². The molecular weight excluding hydrogens is 366 g/mol. The summed E-state index contributed by atoms with van der Waals surface area (Å²) in [5.74, 6) is 0.983. The molecule has 2 aromatic carbocycles. The second-order valence-electron chi connectivity index (χ2n) is 5.76. The van der Waals surface area contributed by atoms with Gasteiger partial charge < -0.3 is 19.5 Å². The Hall–Kier alpha value is -3.32. The molecule has 1 aliphatic rings. The van der Waals surface area contributed by atoms with Gasteiger partial charge in [-0.15, -0.1) is 11.3 Å². The van der Waals surface area contributed by atoms with Crippen molar-refractivity contribution < 1.29 is 23.8 Å². The molecule has 0 bridgehead atoms. The first-order chi connectivity index (χ1) is 13.2. The topological polar surface area (TPSA) is 73.9 Å². The van der Waals surface area contributed by atoms with E-state index in [1.807, 2.05) is 11.4 Å². The van der Waals surface area contributed by atoms with E-state index < -0.39 is 5.97 Å². The standard InChI is InChI=1S/C20H15NO5S/c22-19(18-2-1-9-27-18)21-11-13-3-5-14(6-4-13)20(23)26-15-7-8-16-17(10-15)25-12-24-16/h1-10H,11-12H2,(H,21,22). The summed E-state index contributed by atoms with van der Waals surface area (Å²) in [4.78, 5) is 24.9. The second-order valence-corrected chi connectivity index (χ2v) is 6.71. The van der Waals surface area contributed by atoms with Crippen LogP contribution in [0.4, 0.5) is 0 Å². The molecule has 1 aliphatic heterocycles. The average molecular weight is 381 g/mol. The fourth-order valence-corrected chi connectivity index (χ4v) is 3.18. The van der Waals surface area contributed by atoms with Gasteiger partial charge in [0, 0.05) is 12.6 Å². The highest BCUT2D eigenvalue weighted by molar-refractivity contribution is 7.12. The molecule has 2 heterocycles. The van der Waals surface area contributed by atoms with Crippen molar-refractivity contribution in [2.45, 2.75) is 6.54 Å². The van der Waals surface area contributed by atoms with Gasteiger partial charge in [-0.2, -0.15) is 0 Å². The summed E-state index contributed by atoms with van der Waals surface area (Å²) in [5.41, 5.74) is 1.31. The number of hydrogen-bond donors (Lipinski definition) is 1. The monoisotopic (exact) mass is 381 g/mol. The smallest absolute Gasteiger partial charge is 0.343 e. The van der Waals surface area contributed by atoms with Crippen LogP contribution in [0.15, 0.2) is 60.0 Å². The maximum Gasteiger partial charge on any atom is 0.343 e. The van der Waals surface area contributed by atoms with Crippen LogP contribution in [0.2, 0.25) is 0 Å². The highest BCUT2D eigenvalue weighted by atomic mass is 32.1. The van der Waals surface area contributed by atoms with Gasteiger partial charge in [0.05, 0.1) is 10.4 Å². The summed E-state index contributed by atoms with van der Waals surface area (Å²) in [6.45, 7) is 0.547. The molecule has 0 saturated heterocycles. The predicted molar refractivity (Wildman–Crippen MR) is 99.5 cm³/mol. The Bertz CT molecular complexity index is 967. The molecule has 6 nitrogen and oxygen atoms in total. The second kappa shape index (κ2) is 7.51. The Morgan fingerprint density at radius 1 is 1.04 bits per heavy atom. The number of hydrogen-bond acceptors (Lipinski definition) is 6. The SMILES string of the molecule is O=C(Oc1ccc2c(c1)OCO2)c1ccc(CNC(=O)c2cccs2)cc1. The molecule has 1 aromatic heterocycles. The molecule has 4 rings (SSSR count). The molecule has 0 saturated carbocycles. The normalized spacial score (nSPS) is 11.9. The van der Waals surface area contributed by atoms with Gasteiger partial charge in [-0.25, -0.2) is 4.79 Å². The van der Waals surface area contributed by atoms with E-state index in [1.165, 1.54) is 11.3 Å². The zero-order valence-corrected chi connectivity index (χ0v) is 15.0. The van der Waals surface area contributed by atoms with Crippen LogP contribution in [-0.4, -0.2) is 18.7 Å². The highest BCUT2D eigenvalue weighted by Gasteiger charge is 2.16. The van der Waals surface area contributed by atoms with Crippen LogP contribution in [0.3, 0.4) is 0 Å². The van der Waals surface area contributed by atoms with Gasteiger partial charge in [0.15, 0.2) is 11.5 Å². The molecule has 0 spiro atoms. The van der Waals surface area contributed by atoms with Gasteiger partial charge in [0.25, 0.3) is 5.91 Å². The zero-order valence-electron chi connectivity index (χ0n) is 14.1. The quantitative estimate of drug-likeness (QED) is 0.540. The number of benzene rings is 2. The lowest BCUT2D eigenvalue weighted by molar-refractivity contribution is 0.0734. The molecular formula is C20H15NO5S. The van der Waals surface area contributed by atoms with E-state index in [-0.39, 0.29) is 12.7 Å². The summed E-state index contributed by atoms with van der Waals surface area (Å²) >= 11 is 1.39. The number of carbonyl (C=O) groups excluding carboxylic acids is 2. The fraction of sp³-hybridized carbons (Fsp3) is 0.100. The zero-order chi connectivity index (χ0) is 18.6. The third kappa shape index (κ3) is 3.93. The number of thiophene rings is 1. The van der Waals surface area contributed by atoms with E-state index in [0.29, 0.717) is 34.2 Å². The Balaban J connectivity index is 1.35. The highest BCUT2D eigenvalue weighted by Crippen LogP contribution is 2.35. The van der Waals surface area contributed by atoms with Gasteiger partial charge in [0.1, 0.15) is 5.75 Å². The Morgan fingerprint density at radius 3 is 2.63 bits per heavy atom. The van der Waals surface area contributed by atoms with Crippen LogP contribution in [-0.2, 0) is 6.54 Å². The molecule has 0 atom stereocenters. The largest absolute Gasteiger partial charge is 0.454 e. The van der Waals surface area contributed by atoms with Crippen molar-refractivity contribution in [1.29, 1.82) is 0 Å². The van der Waals surface area contributed by atoms with Crippen molar-refractivity contribution in [2.24, 2.45) is 0 Å². The molecule has 27 heavy (non-hydrogen) atoms. The summed E-state index contributed by atoms with van der Waals surface area (Å²) in [6, 6.07) is 15.5. The van der Waals surface area contributed by atoms with Gasteiger partial charge in [-0.3, -0.25) is 4.79 Å². The van der Waals surface area contributed by atoms with Gasteiger partial charge >= 0.3 is 5.97 Å². The predicted octanol–water partition coefficient (Wildman–Crippen LogP) is 3.63. The lowest BCUT2D eigenvalue weighted by Gasteiger charge is -2.07. The first-order valence-electron chi connectivity index (χ1n) is 8.21. The van der Waals surface area contributed by atoms with E-state index in [0.717, 1.165) is 5.56 Å². The number of esters is 1. The number of fused-ring (bicyclic) bond motifs is 1. The molecule has 0 fully saturated rings. The minimum atomic E-state index is -0.469. The third-order valence-electron chi connectivity index (χ3n) is 3.94. The van der Waals surface area contributed by atoms with Crippen LogP contribution >= 0.6 is 11.3 Å². The minimum absolute atomic E-state index is 0.115. The molecule has 0 radical (unpaired) electrons. The van der Waals surface area contributed by atoms with Crippen LogP contribution in [0.25, 0.3) is 0 Å². The molecule has 136 valence electrons. The summed E-state index contributed by atoms with van der Waals surface area (Å²) in [7, 11) is 0. The van der Waals surface area contributed by atoms with E-state index in [4.69, 9.17) is 14.2 Å². The van der Waals surface area contributed by atoms with Crippen LogP contribution in [0.1, 0.15) is 25.6 Å². The summed E-state index contributed by atoms with van der Waals surface area (Å²) in [6.07, 6.45) is 0. The van der Waals surface area contributed by atoms with E-state index >= 15 is 0 Å². The molecule has 0 unspecified atom stereocenters. The Kier molecular flexibility index (Phi) is 4.76. The van der Waals surface area contributed by atoms with Crippen LogP contribution in [0, 0.1) is 0 Å². The maximum absolute atomic E-state index is 12.3. The number of carbonyl (C=O) groups is 2. The van der Waals surface area contributed by atoms with E-state index in [9.17, 15) is 9.59 Å². The lowest BCUT2D eigenvalue weighted by atomic mass is 10.1. The molecule has 7 heteroatoms. The third-order valence-corrected chi connectivity index (χ3v) is 4.81. The molecule has 0 aliphatic carbocycles. The van der Waals surface area contributed by atoms with Crippen molar-refractivity contribution in [3.8, 4) is 17.2 Å². The van der Waals surface area contributed by atoms with Crippen LogP contribution < -0.4 is 19.5 Å². The lowest BCUT2D eigenvalue weighted by Crippen LogP contribution is -2.21. The van der Waals surface area contributed by atoms with Crippen molar-refractivity contribution in [3.05, 3.63) is 76.0 Å². The number of ether oxygens (including phenoxy) is 3. The maximum atomic E-state index is 12.3. The molecule has 1 amide bonds. The van der Waals surface area contributed by atoms with Crippen molar-refractivity contribution in [3.63, 3.8) is 0 Å². The number of rotatable bonds is 5. The number of nitrogens with one attached hydrogen (secondary N) is 1. The van der Waals surface area contributed by atoms with Gasteiger partial charge in [-0.05, 0) is 41.3 Å². The minimum Gasteiger partial charge on any atom is -0.454 e. The molecule has 1 N–H and O–H groups in total. The summed E-state index contributed by atoms with van der Waals surface area (Å²) < 4.78 is 15.9. The van der Waals surface area contributed by atoms with Crippen molar-refractivity contribution in [2.75, 3.05) is 6.79 Å². The Labute approximate surface area is 159 Å². The summed E-state index contributed by atoms with van der Waals surface area (Å²) in [5, 5.41) is 4.70. The van der Waals surface area contributed by atoms with Crippen molar-refractivity contribution in [1.82, 2.24) is 5.32 Å². The van der Waals surface area contributed by atoms with E-state index in [2.05, 4.69) is 5.32 Å². The Morgan fingerprint density at radius 2 is 1.85 bits per heavy atom.